The van der Waals surface area contributed by atoms with Crippen molar-refractivity contribution >= 4 is 40.1 Å². The molecule has 0 radical (unpaired) electrons. The van der Waals surface area contributed by atoms with Crippen molar-refractivity contribution in [1.29, 1.82) is 0 Å². The molecule has 0 saturated carbocycles. The summed E-state index contributed by atoms with van der Waals surface area (Å²) in [6, 6.07) is 1.79. The van der Waals surface area contributed by atoms with Gasteiger partial charge < -0.3 is 20.9 Å². The van der Waals surface area contributed by atoms with E-state index in [-0.39, 0.29) is 5.91 Å². The zero-order chi connectivity index (χ0) is 25.3. The van der Waals surface area contributed by atoms with Gasteiger partial charge >= 0.3 is 0 Å². The Morgan fingerprint density at radius 3 is 2.61 bits per heavy atom. The van der Waals surface area contributed by atoms with Gasteiger partial charge in [-0.1, -0.05) is 13.8 Å². The number of carbonyl (C=O) groups excluding carboxylic acids is 1. The number of aryl methyl sites for hydroxylation is 2. The molecule has 36 heavy (non-hydrogen) atoms. The Labute approximate surface area is 208 Å². The molecule has 4 aromatic heterocycles. The summed E-state index contributed by atoms with van der Waals surface area (Å²) in [5.41, 5.74) is 3.62. The van der Waals surface area contributed by atoms with Crippen molar-refractivity contribution in [3.05, 3.63) is 48.4 Å². The molecule has 1 fully saturated rings. The minimum Gasteiger partial charge on any atom is -0.351 e. The molecule has 0 aliphatic carbocycles. The molecular formula is C24H29N11O. The molecule has 4 aromatic rings. The fraction of sp³-hybridized carbons (Fsp3) is 0.375. The molecule has 12 nitrogen and oxygen atoms in total. The van der Waals surface area contributed by atoms with Crippen molar-refractivity contribution in [2.45, 2.75) is 20.8 Å². The lowest BCUT2D eigenvalue weighted by molar-refractivity contribution is 0.0323. The van der Waals surface area contributed by atoms with Crippen LogP contribution >= 0.6 is 0 Å². The van der Waals surface area contributed by atoms with Crippen molar-refractivity contribution in [2.75, 3.05) is 36.8 Å². The lowest BCUT2D eigenvalue weighted by atomic mass is 9.84. The third-order valence-electron chi connectivity index (χ3n) is 6.02. The maximum atomic E-state index is 12.7. The lowest BCUT2D eigenvalue weighted by Gasteiger charge is -2.45. The second kappa shape index (κ2) is 9.46. The number of fused-ring (bicyclic) bond motifs is 1. The van der Waals surface area contributed by atoms with Crippen molar-refractivity contribution in [3.63, 3.8) is 0 Å². The van der Waals surface area contributed by atoms with E-state index in [1.54, 1.807) is 35.5 Å². The average Bonchev–Trinajstić information content (AvgIpc) is 3.14. The van der Waals surface area contributed by atoms with Crippen LogP contribution in [0.3, 0.4) is 0 Å². The van der Waals surface area contributed by atoms with E-state index in [0.717, 1.165) is 30.7 Å². The highest BCUT2D eigenvalue weighted by atomic mass is 16.1. The summed E-state index contributed by atoms with van der Waals surface area (Å²) in [7, 11) is 1.81. The summed E-state index contributed by atoms with van der Waals surface area (Å²) in [5.74, 6) is 0.829. The highest BCUT2D eigenvalue weighted by molar-refractivity contribution is 5.96. The molecule has 0 atom stereocenters. The summed E-state index contributed by atoms with van der Waals surface area (Å²) >= 11 is 0. The van der Waals surface area contributed by atoms with Gasteiger partial charge in [0.2, 0.25) is 5.95 Å². The van der Waals surface area contributed by atoms with Crippen LogP contribution in [0, 0.1) is 12.3 Å². The number of pyridine rings is 1. The Morgan fingerprint density at radius 1 is 1.08 bits per heavy atom. The number of anilines is 4. The van der Waals surface area contributed by atoms with E-state index in [2.05, 4.69) is 64.7 Å². The molecule has 12 heteroatoms. The van der Waals surface area contributed by atoms with Gasteiger partial charge in [0.1, 0.15) is 6.33 Å². The predicted octanol–water partition coefficient (Wildman–Crippen LogP) is 2.42. The summed E-state index contributed by atoms with van der Waals surface area (Å²) in [4.78, 5) is 36.4. The third-order valence-corrected chi connectivity index (χ3v) is 6.02. The minimum atomic E-state index is -0.153. The number of nitrogens with one attached hydrogen (secondary N) is 3. The monoisotopic (exact) mass is 487 g/mol. The minimum absolute atomic E-state index is 0.153. The van der Waals surface area contributed by atoms with Crippen molar-refractivity contribution in [2.24, 2.45) is 12.5 Å². The zero-order valence-corrected chi connectivity index (χ0v) is 20.8. The first-order valence-electron chi connectivity index (χ1n) is 11.7. The first kappa shape index (κ1) is 23.5. The fourth-order valence-corrected chi connectivity index (χ4v) is 4.35. The molecule has 0 aromatic carbocycles. The number of hydrogen-bond donors (Lipinski definition) is 3. The van der Waals surface area contributed by atoms with Crippen molar-refractivity contribution in [1.82, 2.24) is 44.9 Å². The van der Waals surface area contributed by atoms with Crippen LogP contribution < -0.4 is 16.0 Å². The first-order valence-corrected chi connectivity index (χ1v) is 11.7. The molecule has 3 N–H and O–H groups in total. The van der Waals surface area contributed by atoms with E-state index >= 15 is 0 Å². The van der Waals surface area contributed by atoms with Gasteiger partial charge in [-0.15, -0.1) is 0 Å². The maximum Gasteiger partial charge on any atom is 0.252 e. The van der Waals surface area contributed by atoms with E-state index in [4.69, 9.17) is 0 Å². The molecule has 1 saturated heterocycles. The predicted molar refractivity (Wildman–Crippen MR) is 136 cm³/mol. The van der Waals surface area contributed by atoms with Crippen molar-refractivity contribution < 1.29 is 4.79 Å². The van der Waals surface area contributed by atoms with Crippen LogP contribution in [0.2, 0.25) is 0 Å². The van der Waals surface area contributed by atoms with E-state index in [1.807, 2.05) is 14.0 Å². The number of carbonyl (C=O) groups is 1. The van der Waals surface area contributed by atoms with Crippen LogP contribution in [-0.4, -0.2) is 71.7 Å². The molecule has 1 amide bonds. The van der Waals surface area contributed by atoms with Crippen LogP contribution in [0.4, 0.5) is 23.1 Å². The Morgan fingerprint density at radius 2 is 1.86 bits per heavy atom. The lowest BCUT2D eigenvalue weighted by Crippen LogP contribution is -2.54. The van der Waals surface area contributed by atoms with E-state index in [9.17, 15) is 4.79 Å². The Bertz CT molecular complexity index is 1390. The third kappa shape index (κ3) is 5.08. The van der Waals surface area contributed by atoms with E-state index in [0.29, 0.717) is 46.3 Å². The van der Waals surface area contributed by atoms with Gasteiger partial charge in [0.15, 0.2) is 11.5 Å². The second-order valence-electron chi connectivity index (χ2n) is 9.77. The average molecular weight is 488 g/mol. The molecule has 5 rings (SSSR count). The molecular weight excluding hydrogens is 458 g/mol. The smallest absolute Gasteiger partial charge is 0.252 e. The summed E-state index contributed by atoms with van der Waals surface area (Å²) in [6.45, 7) is 9.93. The number of rotatable bonds is 8. The van der Waals surface area contributed by atoms with Crippen molar-refractivity contribution in [3.8, 4) is 0 Å². The molecule has 186 valence electrons. The molecule has 0 spiro atoms. The van der Waals surface area contributed by atoms with Gasteiger partial charge in [-0.25, -0.2) is 19.6 Å². The zero-order valence-electron chi connectivity index (χ0n) is 20.8. The summed E-state index contributed by atoms with van der Waals surface area (Å²) in [6.07, 6.45) is 8.02. The Balaban J connectivity index is 1.28. The number of aromatic nitrogens is 7. The summed E-state index contributed by atoms with van der Waals surface area (Å²) < 4.78 is 1.67. The molecule has 0 bridgehead atoms. The van der Waals surface area contributed by atoms with Gasteiger partial charge in [0.05, 0.1) is 40.4 Å². The summed E-state index contributed by atoms with van der Waals surface area (Å²) in [5, 5.41) is 14.7. The highest BCUT2D eigenvalue weighted by Gasteiger charge is 2.33. The Hall–Kier alpha value is -4.19. The number of likely N-dealkylation sites (tertiary alicyclic amines) is 1. The van der Waals surface area contributed by atoms with Gasteiger partial charge in [-0.2, -0.15) is 10.1 Å². The quantitative estimate of drug-likeness (QED) is 0.339. The molecule has 0 unspecified atom stereocenters. The van der Waals surface area contributed by atoms with Gasteiger partial charge in [0, 0.05) is 45.6 Å². The number of nitrogens with zero attached hydrogens (tertiary/aromatic N) is 8. The van der Waals surface area contributed by atoms with Crippen LogP contribution in [0.15, 0.2) is 37.2 Å². The maximum absolute atomic E-state index is 12.7. The highest BCUT2D eigenvalue weighted by Crippen LogP contribution is 2.28. The topological polar surface area (TPSA) is 139 Å². The standard InChI is InChI=1S/C24H29N11O/c1-15-19(7-16(8-28-15)22(36)27-5-6-35-12-24(2,3)13-35)31-20-18-11-29-23(32-21(18)34(4)33-20)30-17-9-25-14-26-10-17/h7-11,14H,5-6,12-13H2,1-4H3,(H,27,36)(H,31,33)(H,29,30,32). The van der Waals surface area contributed by atoms with Crippen LogP contribution in [-0.2, 0) is 7.05 Å². The number of amides is 1. The fourth-order valence-electron chi connectivity index (χ4n) is 4.35. The largest absolute Gasteiger partial charge is 0.351 e. The van der Waals surface area contributed by atoms with E-state index in [1.165, 1.54) is 6.33 Å². The molecule has 5 heterocycles. The van der Waals surface area contributed by atoms with E-state index < -0.39 is 0 Å². The second-order valence-corrected chi connectivity index (χ2v) is 9.77. The first-order chi connectivity index (χ1) is 17.3. The van der Waals surface area contributed by atoms with Crippen LogP contribution in [0.1, 0.15) is 29.9 Å². The normalized spacial score (nSPS) is 14.9. The molecule has 1 aliphatic rings. The van der Waals surface area contributed by atoms with Gasteiger partial charge in [-0.05, 0) is 18.4 Å². The van der Waals surface area contributed by atoms with Crippen LogP contribution in [0.5, 0.6) is 0 Å². The van der Waals surface area contributed by atoms with Gasteiger partial charge in [0.25, 0.3) is 5.91 Å². The SMILES string of the molecule is Cc1ncc(C(=O)NCCN2CC(C)(C)C2)cc1Nc1nn(C)c2nc(Nc3cncnc3)ncc12. The van der Waals surface area contributed by atoms with Gasteiger partial charge in [-0.3, -0.25) is 9.78 Å². The van der Waals surface area contributed by atoms with Crippen LogP contribution in [0.25, 0.3) is 11.0 Å². The number of hydrogen-bond acceptors (Lipinski definition) is 10. The Kier molecular flexibility index (Phi) is 6.18. The molecule has 1 aliphatic heterocycles.